The van der Waals surface area contributed by atoms with E-state index in [1.54, 1.807) is 19.1 Å². The lowest BCUT2D eigenvalue weighted by atomic mass is 10.0. The van der Waals surface area contributed by atoms with Crippen LogP contribution in [0.3, 0.4) is 0 Å². The Kier molecular flexibility index (Phi) is 7.37. The first-order valence-electron chi connectivity index (χ1n) is 9.14. The fourth-order valence-electron chi connectivity index (χ4n) is 2.88. The van der Waals surface area contributed by atoms with Gasteiger partial charge in [0.25, 0.3) is 5.91 Å². The minimum Gasteiger partial charge on any atom is -0.482 e. The summed E-state index contributed by atoms with van der Waals surface area (Å²) in [7, 11) is 0. The van der Waals surface area contributed by atoms with Gasteiger partial charge in [-0.2, -0.15) is 0 Å². The number of ether oxygens (including phenoxy) is 2. The molecule has 0 unspecified atom stereocenters. The van der Waals surface area contributed by atoms with Crippen LogP contribution in [0.15, 0.2) is 48.5 Å². The molecule has 8 heteroatoms. The summed E-state index contributed by atoms with van der Waals surface area (Å²) in [4.78, 5) is 26.1. The van der Waals surface area contributed by atoms with E-state index in [0.717, 1.165) is 16.0 Å². The quantitative estimate of drug-likeness (QED) is 0.422. The lowest BCUT2D eigenvalue weighted by molar-refractivity contribution is -0.118. The summed E-state index contributed by atoms with van der Waals surface area (Å²) in [6.07, 6.45) is 0. The van der Waals surface area contributed by atoms with Gasteiger partial charge < -0.3 is 14.8 Å². The van der Waals surface area contributed by atoms with Gasteiger partial charge >= 0.3 is 5.97 Å². The van der Waals surface area contributed by atoms with Crippen LogP contribution in [0, 0.1) is 6.92 Å². The molecule has 3 rings (SSSR count). The molecule has 0 aliphatic rings. The summed E-state index contributed by atoms with van der Waals surface area (Å²) < 4.78 is 10.7. The topological polar surface area (TPSA) is 64.6 Å². The minimum absolute atomic E-state index is 0.230. The van der Waals surface area contributed by atoms with Crippen LogP contribution < -0.4 is 10.1 Å². The first kappa shape index (κ1) is 22.2. The van der Waals surface area contributed by atoms with Crippen molar-refractivity contribution in [2.75, 3.05) is 18.5 Å². The van der Waals surface area contributed by atoms with Crippen molar-refractivity contribution >= 4 is 51.4 Å². The minimum atomic E-state index is -0.488. The number of amides is 1. The van der Waals surface area contributed by atoms with Crippen molar-refractivity contribution < 1.29 is 19.1 Å². The number of thiophene rings is 1. The molecule has 3 aromatic rings. The normalized spacial score (nSPS) is 10.5. The van der Waals surface area contributed by atoms with Gasteiger partial charge in [0.1, 0.15) is 16.3 Å². The van der Waals surface area contributed by atoms with Crippen molar-refractivity contribution in [3.8, 4) is 16.9 Å². The monoisotopic (exact) mass is 463 g/mol. The number of aryl methyl sites for hydroxylation is 1. The highest BCUT2D eigenvalue weighted by Gasteiger charge is 2.25. The number of halogens is 2. The first-order chi connectivity index (χ1) is 14.4. The highest BCUT2D eigenvalue weighted by atomic mass is 35.5. The van der Waals surface area contributed by atoms with E-state index >= 15 is 0 Å². The molecular formula is C22H19Cl2NO4S. The molecule has 0 atom stereocenters. The standard InChI is InChI=1S/C22H19Cl2NO4S/c1-3-28-22(27)20-19(14-7-5-4-6-8-14)13(2)30-21(20)25-18(26)12-29-17-10-9-15(23)11-16(17)24/h4-11H,3,12H2,1-2H3,(H,25,26). The van der Waals surface area contributed by atoms with Crippen LogP contribution in [0.2, 0.25) is 10.0 Å². The lowest BCUT2D eigenvalue weighted by Crippen LogP contribution is -2.21. The molecule has 0 aliphatic carbocycles. The predicted molar refractivity (Wildman–Crippen MR) is 121 cm³/mol. The number of anilines is 1. The van der Waals surface area contributed by atoms with E-state index in [9.17, 15) is 9.59 Å². The molecule has 1 aromatic heterocycles. The Morgan fingerprint density at radius 2 is 1.83 bits per heavy atom. The van der Waals surface area contributed by atoms with Crippen LogP contribution in [-0.4, -0.2) is 25.1 Å². The Hall–Kier alpha value is -2.54. The van der Waals surface area contributed by atoms with E-state index in [0.29, 0.717) is 26.4 Å². The first-order valence-corrected chi connectivity index (χ1v) is 10.7. The maximum atomic E-state index is 12.7. The summed E-state index contributed by atoms with van der Waals surface area (Å²) >= 11 is 13.2. The van der Waals surface area contributed by atoms with Gasteiger partial charge in [0.05, 0.1) is 11.6 Å². The fourth-order valence-corrected chi connectivity index (χ4v) is 4.42. The molecule has 0 bridgehead atoms. The van der Waals surface area contributed by atoms with Gasteiger partial charge in [-0.1, -0.05) is 53.5 Å². The van der Waals surface area contributed by atoms with Gasteiger partial charge in [-0.25, -0.2) is 4.79 Å². The van der Waals surface area contributed by atoms with E-state index in [2.05, 4.69) is 5.32 Å². The van der Waals surface area contributed by atoms with Crippen LogP contribution in [-0.2, 0) is 9.53 Å². The molecule has 1 heterocycles. The van der Waals surface area contributed by atoms with Crippen LogP contribution in [0.1, 0.15) is 22.2 Å². The molecule has 0 radical (unpaired) electrons. The van der Waals surface area contributed by atoms with Crippen LogP contribution in [0.25, 0.3) is 11.1 Å². The molecular weight excluding hydrogens is 445 g/mol. The van der Waals surface area contributed by atoms with Crippen molar-refractivity contribution in [2.45, 2.75) is 13.8 Å². The van der Waals surface area contributed by atoms with Gasteiger partial charge in [0, 0.05) is 15.5 Å². The Morgan fingerprint density at radius 1 is 1.10 bits per heavy atom. The van der Waals surface area contributed by atoms with Crippen LogP contribution in [0.4, 0.5) is 5.00 Å². The van der Waals surface area contributed by atoms with Crippen molar-refractivity contribution in [1.29, 1.82) is 0 Å². The molecule has 0 aliphatic heterocycles. The number of nitrogens with one attached hydrogen (secondary N) is 1. The van der Waals surface area contributed by atoms with E-state index in [1.807, 2.05) is 37.3 Å². The Bertz CT molecular complexity index is 1070. The molecule has 1 N–H and O–H groups in total. The maximum Gasteiger partial charge on any atom is 0.341 e. The molecule has 0 saturated heterocycles. The molecule has 0 fully saturated rings. The molecule has 156 valence electrons. The summed E-state index contributed by atoms with van der Waals surface area (Å²) in [6.45, 7) is 3.59. The predicted octanol–water partition coefficient (Wildman–Crippen LogP) is 6.22. The number of benzene rings is 2. The van der Waals surface area contributed by atoms with Gasteiger partial charge in [-0.05, 0) is 37.6 Å². The second kappa shape index (κ2) is 9.98. The van der Waals surface area contributed by atoms with E-state index in [1.165, 1.54) is 17.4 Å². The summed E-state index contributed by atoms with van der Waals surface area (Å²) in [6, 6.07) is 14.2. The number of hydrogen-bond acceptors (Lipinski definition) is 5. The van der Waals surface area contributed by atoms with Gasteiger partial charge in [-0.15, -0.1) is 11.3 Å². The lowest BCUT2D eigenvalue weighted by Gasteiger charge is -2.10. The van der Waals surface area contributed by atoms with Gasteiger partial charge in [0.2, 0.25) is 0 Å². The summed E-state index contributed by atoms with van der Waals surface area (Å²) in [5, 5.41) is 3.96. The highest BCUT2D eigenvalue weighted by Crippen LogP contribution is 2.40. The Morgan fingerprint density at radius 3 is 2.50 bits per heavy atom. The summed E-state index contributed by atoms with van der Waals surface area (Å²) in [5.74, 6) is -0.570. The molecule has 30 heavy (non-hydrogen) atoms. The number of carbonyl (C=O) groups is 2. The zero-order chi connectivity index (χ0) is 21.7. The third kappa shape index (κ3) is 5.14. The SMILES string of the molecule is CCOC(=O)c1c(NC(=O)COc2ccc(Cl)cc2Cl)sc(C)c1-c1ccccc1. The second-order valence-electron chi connectivity index (χ2n) is 6.24. The number of rotatable bonds is 7. The largest absolute Gasteiger partial charge is 0.482 e. The Balaban J connectivity index is 1.84. The highest BCUT2D eigenvalue weighted by molar-refractivity contribution is 7.17. The van der Waals surface area contributed by atoms with Gasteiger partial charge in [0.15, 0.2) is 6.61 Å². The van der Waals surface area contributed by atoms with Gasteiger partial charge in [-0.3, -0.25) is 4.79 Å². The van der Waals surface area contributed by atoms with E-state index in [4.69, 9.17) is 32.7 Å². The average molecular weight is 464 g/mol. The third-order valence-corrected chi connectivity index (χ3v) is 5.68. The van der Waals surface area contributed by atoms with Crippen molar-refractivity contribution in [3.63, 3.8) is 0 Å². The molecule has 5 nitrogen and oxygen atoms in total. The van der Waals surface area contributed by atoms with Crippen LogP contribution in [0.5, 0.6) is 5.75 Å². The zero-order valence-electron chi connectivity index (χ0n) is 16.3. The van der Waals surface area contributed by atoms with E-state index < -0.39 is 11.9 Å². The van der Waals surface area contributed by atoms with Crippen LogP contribution >= 0.6 is 34.5 Å². The molecule has 2 aromatic carbocycles. The fraction of sp³-hybridized carbons (Fsp3) is 0.182. The molecule has 0 spiro atoms. The van der Waals surface area contributed by atoms with E-state index in [-0.39, 0.29) is 13.2 Å². The van der Waals surface area contributed by atoms with Crippen molar-refractivity contribution in [2.24, 2.45) is 0 Å². The second-order valence-corrected chi connectivity index (χ2v) is 8.30. The Labute approximate surface area is 188 Å². The summed E-state index contributed by atoms with van der Waals surface area (Å²) in [5.41, 5.74) is 1.96. The average Bonchev–Trinajstić information content (AvgIpc) is 3.03. The number of hydrogen-bond donors (Lipinski definition) is 1. The van der Waals surface area contributed by atoms with Crippen molar-refractivity contribution in [3.05, 3.63) is 69.0 Å². The molecule has 0 saturated carbocycles. The maximum absolute atomic E-state index is 12.7. The van der Waals surface area contributed by atoms with Crippen molar-refractivity contribution in [1.82, 2.24) is 0 Å². The smallest absolute Gasteiger partial charge is 0.341 e. The number of carbonyl (C=O) groups excluding carboxylic acids is 2. The number of esters is 1. The third-order valence-electron chi connectivity index (χ3n) is 4.13. The molecule has 1 amide bonds. The zero-order valence-corrected chi connectivity index (χ0v) is 18.7.